The number of carbonyl (C=O) groups excluding carboxylic acids is 1. The fraction of sp³-hybridized carbons (Fsp3) is 0.500. The average Bonchev–Trinajstić information content (AvgIpc) is 2.81. The molecule has 1 fully saturated rings. The van der Waals surface area contributed by atoms with Gasteiger partial charge in [0, 0.05) is 5.69 Å². The lowest BCUT2D eigenvalue weighted by Crippen LogP contribution is -2.35. The van der Waals surface area contributed by atoms with Crippen LogP contribution in [0.2, 0.25) is 0 Å². The molecule has 18 heavy (non-hydrogen) atoms. The molecule has 0 radical (unpaired) electrons. The molecule has 1 aliphatic rings. The molecule has 1 heterocycles. The van der Waals surface area contributed by atoms with Crippen molar-refractivity contribution in [3.63, 3.8) is 0 Å². The van der Waals surface area contributed by atoms with Gasteiger partial charge in [-0.05, 0) is 56.5 Å². The molecule has 0 saturated carbocycles. The normalized spacial score (nSPS) is 18.7. The first kappa shape index (κ1) is 12.9. The predicted octanol–water partition coefficient (Wildman–Crippen LogP) is 2.00. The Morgan fingerprint density at radius 3 is 2.56 bits per heavy atom. The maximum Gasteiger partial charge on any atom is 0.241 e. The minimum Gasteiger partial charge on any atom is -0.496 e. The molecule has 2 rings (SSSR count). The van der Waals surface area contributed by atoms with Crippen LogP contribution in [0.1, 0.15) is 24.0 Å². The number of amides is 1. The van der Waals surface area contributed by atoms with Crippen LogP contribution < -0.4 is 15.4 Å². The third kappa shape index (κ3) is 2.64. The zero-order valence-corrected chi connectivity index (χ0v) is 11.2. The third-order valence-electron chi connectivity index (χ3n) is 3.31. The molecule has 0 spiro atoms. The van der Waals surface area contributed by atoms with Gasteiger partial charge in [-0.15, -0.1) is 0 Å². The summed E-state index contributed by atoms with van der Waals surface area (Å²) in [5, 5.41) is 6.15. The summed E-state index contributed by atoms with van der Waals surface area (Å²) in [6.07, 6.45) is 1.98. The Kier molecular flexibility index (Phi) is 3.87. The van der Waals surface area contributed by atoms with Crippen LogP contribution in [0.25, 0.3) is 0 Å². The molecule has 0 bridgehead atoms. The number of hydrogen-bond acceptors (Lipinski definition) is 3. The minimum absolute atomic E-state index is 0.0484. The topological polar surface area (TPSA) is 50.4 Å². The smallest absolute Gasteiger partial charge is 0.241 e. The molecule has 0 aliphatic carbocycles. The van der Waals surface area contributed by atoms with Crippen molar-refractivity contribution in [3.8, 4) is 5.75 Å². The van der Waals surface area contributed by atoms with Gasteiger partial charge in [0.1, 0.15) is 5.75 Å². The van der Waals surface area contributed by atoms with E-state index >= 15 is 0 Å². The Hall–Kier alpha value is -1.55. The van der Waals surface area contributed by atoms with Gasteiger partial charge in [-0.3, -0.25) is 4.79 Å². The molecule has 1 atom stereocenters. The molecule has 2 N–H and O–H groups in total. The summed E-state index contributed by atoms with van der Waals surface area (Å²) in [4.78, 5) is 12.0. The number of benzene rings is 1. The Bertz CT molecular complexity index is 428. The first-order valence-electron chi connectivity index (χ1n) is 6.31. The van der Waals surface area contributed by atoms with E-state index in [0.717, 1.165) is 42.0 Å². The lowest BCUT2D eigenvalue weighted by atomic mass is 10.1. The van der Waals surface area contributed by atoms with Crippen molar-refractivity contribution in [2.45, 2.75) is 32.7 Å². The number of hydrogen-bond donors (Lipinski definition) is 2. The number of anilines is 1. The minimum atomic E-state index is -0.0484. The molecule has 1 saturated heterocycles. The quantitative estimate of drug-likeness (QED) is 0.860. The molecular weight excluding hydrogens is 228 g/mol. The van der Waals surface area contributed by atoms with Gasteiger partial charge in [0.05, 0.1) is 13.2 Å². The van der Waals surface area contributed by atoms with Gasteiger partial charge in [0.15, 0.2) is 0 Å². The van der Waals surface area contributed by atoms with E-state index in [-0.39, 0.29) is 11.9 Å². The lowest BCUT2D eigenvalue weighted by Gasteiger charge is -2.14. The molecule has 98 valence electrons. The number of aryl methyl sites for hydroxylation is 2. The van der Waals surface area contributed by atoms with Crippen LogP contribution in [0.5, 0.6) is 5.75 Å². The number of carbonyl (C=O) groups is 1. The van der Waals surface area contributed by atoms with E-state index in [1.807, 2.05) is 26.0 Å². The first-order valence-corrected chi connectivity index (χ1v) is 6.31. The fourth-order valence-electron chi connectivity index (χ4n) is 2.48. The van der Waals surface area contributed by atoms with Gasteiger partial charge >= 0.3 is 0 Å². The first-order chi connectivity index (χ1) is 8.61. The summed E-state index contributed by atoms with van der Waals surface area (Å²) in [5.74, 6) is 0.934. The molecule has 1 aliphatic heterocycles. The molecule has 4 heteroatoms. The highest BCUT2D eigenvalue weighted by molar-refractivity contribution is 5.95. The van der Waals surface area contributed by atoms with E-state index in [9.17, 15) is 4.79 Å². The van der Waals surface area contributed by atoms with Gasteiger partial charge in [-0.25, -0.2) is 0 Å². The van der Waals surface area contributed by atoms with Crippen molar-refractivity contribution in [2.24, 2.45) is 0 Å². The number of rotatable bonds is 3. The number of ether oxygens (including phenoxy) is 1. The Balaban J connectivity index is 2.12. The van der Waals surface area contributed by atoms with Crippen molar-refractivity contribution in [3.05, 3.63) is 23.3 Å². The standard InChI is InChI=1S/C14H20N2O2/c1-9-7-11(8-10(2)13(9)18-3)16-14(17)12-5-4-6-15-12/h7-8,12,15H,4-6H2,1-3H3,(H,16,17). The van der Waals surface area contributed by atoms with Crippen LogP contribution in [-0.2, 0) is 4.79 Å². The van der Waals surface area contributed by atoms with Crippen LogP contribution in [-0.4, -0.2) is 25.6 Å². The second kappa shape index (κ2) is 5.40. The van der Waals surface area contributed by atoms with Crippen LogP contribution in [0, 0.1) is 13.8 Å². The lowest BCUT2D eigenvalue weighted by molar-refractivity contribution is -0.117. The van der Waals surface area contributed by atoms with Crippen LogP contribution in [0.15, 0.2) is 12.1 Å². The van der Waals surface area contributed by atoms with Crippen molar-refractivity contribution in [1.82, 2.24) is 5.32 Å². The maximum atomic E-state index is 12.0. The molecule has 1 amide bonds. The molecule has 1 aromatic carbocycles. The summed E-state index contributed by atoms with van der Waals surface area (Å²) >= 11 is 0. The van der Waals surface area contributed by atoms with Gasteiger partial charge in [0.25, 0.3) is 0 Å². The van der Waals surface area contributed by atoms with Gasteiger partial charge in [-0.1, -0.05) is 0 Å². The van der Waals surface area contributed by atoms with E-state index in [2.05, 4.69) is 10.6 Å². The highest BCUT2D eigenvalue weighted by Gasteiger charge is 2.22. The Labute approximate surface area is 108 Å². The van der Waals surface area contributed by atoms with Crippen LogP contribution in [0.4, 0.5) is 5.69 Å². The van der Waals surface area contributed by atoms with E-state index in [1.54, 1.807) is 7.11 Å². The van der Waals surface area contributed by atoms with Gasteiger partial charge < -0.3 is 15.4 Å². The second-order valence-corrected chi connectivity index (χ2v) is 4.78. The van der Waals surface area contributed by atoms with Crippen molar-refractivity contribution in [2.75, 3.05) is 19.0 Å². The Morgan fingerprint density at radius 2 is 2.06 bits per heavy atom. The summed E-state index contributed by atoms with van der Waals surface area (Å²) < 4.78 is 5.31. The SMILES string of the molecule is COc1c(C)cc(NC(=O)C2CCCN2)cc1C. The predicted molar refractivity (Wildman–Crippen MR) is 72.1 cm³/mol. The van der Waals surface area contributed by atoms with E-state index in [1.165, 1.54) is 0 Å². The summed E-state index contributed by atoms with van der Waals surface area (Å²) in [6, 6.07) is 3.84. The second-order valence-electron chi connectivity index (χ2n) is 4.78. The average molecular weight is 248 g/mol. The summed E-state index contributed by atoms with van der Waals surface area (Å²) in [6.45, 7) is 4.89. The number of methoxy groups -OCH3 is 1. The third-order valence-corrected chi connectivity index (χ3v) is 3.31. The molecule has 4 nitrogen and oxygen atoms in total. The van der Waals surface area contributed by atoms with Gasteiger partial charge in [0.2, 0.25) is 5.91 Å². The molecule has 1 aromatic rings. The van der Waals surface area contributed by atoms with Crippen molar-refractivity contribution >= 4 is 11.6 Å². The largest absolute Gasteiger partial charge is 0.496 e. The molecular formula is C14H20N2O2. The van der Waals surface area contributed by atoms with E-state index in [0.29, 0.717) is 0 Å². The highest BCUT2D eigenvalue weighted by atomic mass is 16.5. The maximum absolute atomic E-state index is 12.0. The van der Waals surface area contributed by atoms with Crippen LogP contribution >= 0.6 is 0 Å². The van der Waals surface area contributed by atoms with Crippen molar-refractivity contribution < 1.29 is 9.53 Å². The molecule has 1 unspecified atom stereocenters. The number of nitrogens with one attached hydrogen (secondary N) is 2. The van der Waals surface area contributed by atoms with E-state index in [4.69, 9.17) is 4.74 Å². The fourth-order valence-corrected chi connectivity index (χ4v) is 2.48. The molecule has 0 aromatic heterocycles. The van der Waals surface area contributed by atoms with Gasteiger partial charge in [-0.2, -0.15) is 0 Å². The highest BCUT2D eigenvalue weighted by Crippen LogP contribution is 2.26. The zero-order valence-electron chi connectivity index (χ0n) is 11.2. The monoisotopic (exact) mass is 248 g/mol. The summed E-state index contributed by atoms with van der Waals surface area (Å²) in [5.41, 5.74) is 2.91. The van der Waals surface area contributed by atoms with E-state index < -0.39 is 0 Å². The zero-order chi connectivity index (χ0) is 13.1. The van der Waals surface area contributed by atoms with Crippen molar-refractivity contribution in [1.29, 1.82) is 0 Å². The Morgan fingerprint density at radius 1 is 1.39 bits per heavy atom. The summed E-state index contributed by atoms with van der Waals surface area (Å²) in [7, 11) is 1.66. The van der Waals surface area contributed by atoms with Crippen LogP contribution in [0.3, 0.4) is 0 Å².